The Balaban J connectivity index is 1.61. The zero-order valence-corrected chi connectivity index (χ0v) is 15.8. The number of aromatic nitrogens is 5. The molecule has 0 amide bonds. The fourth-order valence-corrected chi connectivity index (χ4v) is 2.88. The van der Waals surface area contributed by atoms with Crippen LogP contribution in [-0.2, 0) is 6.54 Å². The van der Waals surface area contributed by atoms with E-state index in [0.717, 1.165) is 16.8 Å². The fraction of sp³-hybridized carbons (Fsp3) is 0.200. The molecule has 0 aliphatic rings. The van der Waals surface area contributed by atoms with Gasteiger partial charge in [0.15, 0.2) is 17.2 Å². The Morgan fingerprint density at radius 2 is 1.79 bits per heavy atom. The summed E-state index contributed by atoms with van der Waals surface area (Å²) in [5.41, 5.74) is 3.32. The van der Waals surface area contributed by atoms with E-state index in [1.54, 1.807) is 26.4 Å². The lowest BCUT2D eigenvalue weighted by molar-refractivity contribution is 0.355. The topological polar surface area (TPSA) is 88.1 Å². The van der Waals surface area contributed by atoms with Crippen molar-refractivity contribution in [3.05, 3.63) is 59.8 Å². The summed E-state index contributed by atoms with van der Waals surface area (Å²) in [6.07, 6.45) is 0. The van der Waals surface area contributed by atoms with Crippen molar-refractivity contribution in [1.29, 1.82) is 0 Å². The fourth-order valence-electron chi connectivity index (χ4n) is 2.88. The molecular formula is C20H19N5O3. The predicted molar refractivity (Wildman–Crippen MR) is 102 cm³/mol. The van der Waals surface area contributed by atoms with Gasteiger partial charge in [-0.1, -0.05) is 40.7 Å². The summed E-state index contributed by atoms with van der Waals surface area (Å²) in [4.78, 5) is 4.47. The standard InChI is InChI=1S/C20H19N5O3/c1-13-18(22-24-25(13)12-14-7-5-4-6-8-14)19-21-20(28-23-19)15-9-10-16(26-2)17(11-15)27-3/h4-11H,12H2,1-3H3. The number of ether oxygens (including phenoxy) is 2. The second-order valence-electron chi connectivity index (χ2n) is 6.16. The molecule has 0 spiro atoms. The van der Waals surface area contributed by atoms with Crippen molar-refractivity contribution >= 4 is 0 Å². The van der Waals surface area contributed by atoms with E-state index in [0.29, 0.717) is 35.5 Å². The molecule has 2 heterocycles. The first-order valence-electron chi connectivity index (χ1n) is 8.70. The van der Waals surface area contributed by atoms with Gasteiger partial charge in [-0.05, 0) is 30.7 Å². The molecule has 142 valence electrons. The third-order valence-electron chi connectivity index (χ3n) is 4.43. The van der Waals surface area contributed by atoms with Gasteiger partial charge in [0.05, 0.1) is 26.5 Å². The van der Waals surface area contributed by atoms with Crippen LogP contribution < -0.4 is 9.47 Å². The molecule has 0 aliphatic heterocycles. The molecule has 0 unspecified atom stereocenters. The highest BCUT2D eigenvalue weighted by atomic mass is 16.5. The maximum atomic E-state index is 5.43. The summed E-state index contributed by atoms with van der Waals surface area (Å²) in [6.45, 7) is 2.56. The smallest absolute Gasteiger partial charge is 0.258 e. The van der Waals surface area contributed by atoms with Crippen molar-refractivity contribution in [2.45, 2.75) is 13.5 Å². The van der Waals surface area contributed by atoms with Crippen LogP contribution in [0.4, 0.5) is 0 Å². The summed E-state index contributed by atoms with van der Waals surface area (Å²) in [5, 5.41) is 12.5. The van der Waals surface area contributed by atoms with Gasteiger partial charge in [-0.3, -0.25) is 0 Å². The van der Waals surface area contributed by atoms with Crippen molar-refractivity contribution in [2.24, 2.45) is 0 Å². The number of hydrogen-bond donors (Lipinski definition) is 0. The van der Waals surface area contributed by atoms with E-state index in [1.165, 1.54) is 0 Å². The maximum Gasteiger partial charge on any atom is 0.258 e. The normalized spacial score (nSPS) is 10.8. The molecule has 0 radical (unpaired) electrons. The molecule has 0 bridgehead atoms. The molecule has 2 aromatic heterocycles. The van der Waals surface area contributed by atoms with Gasteiger partial charge in [0.25, 0.3) is 5.89 Å². The van der Waals surface area contributed by atoms with E-state index < -0.39 is 0 Å². The summed E-state index contributed by atoms with van der Waals surface area (Å²) >= 11 is 0. The van der Waals surface area contributed by atoms with Gasteiger partial charge in [0.2, 0.25) is 5.82 Å². The molecule has 4 rings (SSSR count). The van der Waals surface area contributed by atoms with Crippen LogP contribution in [0.3, 0.4) is 0 Å². The molecule has 2 aromatic carbocycles. The van der Waals surface area contributed by atoms with Crippen molar-refractivity contribution in [1.82, 2.24) is 25.1 Å². The second-order valence-corrected chi connectivity index (χ2v) is 6.16. The first-order chi connectivity index (χ1) is 13.7. The van der Waals surface area contributed by atoms with E-state index in [1.807, 2.05) is 48.0 Å². The summed E-state index contributed by atoms with van der Waals surface area (Å²) in [6, 6.07) is 15.5. The number of hydrogen-bond acceptors (Lipinski definition) is 7. The Kier molecular flexibility index (Phi) is 4.76. The number of methoxy groups -OCH3 is 2. The van der Waals surface area contributed by atoms with Crippen LogP contribution in [0.1, 0.15) is 11.3 Å². The number of benzene rings is 2. The zero-order chi connectivity index (χ0) is 19.5. The van der Waals surface area contributed by atoms with E-state index >= 15 is 0 Å². The molecule has 8 heteroatoms. The number of nitrogens with zero attached hydrogens (tertiary/aromatic N) is 5. The highest BCUT2D eigenvalue weighted by Crippen LogP contribution is 2.32. The third-order valence-corrected chi connectivity index (χ3v) is 4.43. The Bertz CT molecular complexity index is 1090. The lowest BCUT2D eigenvalue weighted by atomic mass is 10.2. The molecule has 0 saturated carbocycles. The molecule has 0 saturated heterocycles. The second kappa shape index (κ2) is 7.51. The van der Waals surface area contributed by atoms with Gasteiger partial charge in [0.1, 0.15) is 0 Å². The van der Waals surface area contributed by atoms with Crippen LogP contribution >= 0.6 is 0 Å². The molecule has 0 N–H and O–H groups in total. The summed E-state index contributed by atoms with van der Waals surface area (Å²) < 4.78 is 17.8. The molecule has 0 atom stereocenters. The molecule has 4 aromatic rings. The van der Waals surface area contributed by atoms with Crippen LogP contribution in [0, 0.1) is 6.92 Å². The SMILES string of the molecule is COc1ccc(-c2nc(-c3nnn(Cc4ccccc4)c3C)no2)cc1OC. The van der Waals surface area contributed by atoms with Crippen LogP contribution in [-0.4, -0.2) is 39.4 Å². The summed E-state index contributed by atoms with van der Waals surface area (Å²) in [7, 11) is 3.17. The average Bonchev–Trinajstić information content (AvgIpc) is 3.35. The lowest BCUT2D eigenvalue weighted by Gasteiger charge is -2.07. The van der Waals surface area contributed by atoms with Gasteiger partial charge in [0, 0.05) is 5.56 Å². The minimum absolute atomic E-state index is 0.368. The molecule has 0 fully saturated rings. The quantitative estimate of drug-likeness (QED) is 0.509. The lowest BCUT2D eigenvalue weighted by Crippen LogP contribution is -2.03. The van der Waals surface area contributed by atoms with Crippen molar-refractivity contribution in [3.8, 4) is 34.5 Å². The largest absolute Gasteiger partial charge is 0.493 e. The van der Waals surface area contributed by atoms with Gasteiger partial charge in [-0.15, -0.1) is 5.10 Å². The molecule has 0 aliphatic carbocycles. The Morgan fingerprint density at radius 1 is 1.00 bits per heavy atom. The van der Waals surface area contributed by atoms with E-state index in [4.69, 9.17) is 14.0 Å². The predicted octanol–water partition coefficient (Wildman–Crippen LogP) is 3.37. The minimum atomic E-state index is 0.368. The highest BCUT2D eigenvalue weighted by Gasteiger charge is 2.18. The maximum absolute atomic E-state index is 5.43. The Morgan fingerprint density at radius 3 is 2.54 bits per heavy atom. The first kappa shape index (κ1) is 17.7. The molecule has 8 nitrogen and oxygen atoms in total. The van der Waals surface area contributed by atoms with E-state index in [2.05, 4.69) is 20.5 Å². The zero-order valence-electron chi connectivity index (χ0n) is 15.8. The summed E-state index contributed by atoms with van der Waals surface area (Å²) in [5.74, 6) is 1.98. The van der Waals surface area contributed by atoms with E-state index in [-0.39, 0.29) is 0 Å². The Hall–Kier alpha value is -3.68. The number of rotatable bonds is 6. The average molecular weight is 377 g/mol. The van der Waals surface area contributed by atoms with E-state index in [9.17, 15) is 0 Å². The van der Waals surface area contributed by atoms with Crippen LogP contribution in [0.15, 0.2) is 53.1 Å². The molecule has 28 heavy (non-hydrogen) atoms. The van der Waals surface area contributed by atoms with Crippen molar-refractivity contribution in [2.75, 3.05) is 14.2 Å². The van der Waals surface area contributed by atoms with Crippen LogP contribution in [0.2, 0.25) is 0 Å². The van der Waals surface area contributed by atoms with Gasteiger partial charge >= 0.3 is 0 Å². The van der Waals surface area contributed by atoms with Crippen molar-refractivity contribution in [3.63, 3.8) is 0 Å². The van der Waals surface area contributed by atoms with Gasteiger partial charge in [-0.2, -0.15) is 4.98 Å². The van der Waals surface area contributed by atoms with Gasteiger partial charge in [-0.25, -0.2) is 4.68 Å². The van der Waals surface area contributed by atoms with Crippen molar-refractivity contribution < 1.29 is 14.0 Å². The Labute approximate surface area is 161 Å². The minimum Gasteiger partial charge on any atom is -0.493 e. The van der Waals surface area contributed by atoms with Crippen LogP contribution in [0.5, 0.6) is 11.5 Å². The molecular weight excluding hydrogens is 358 g/mol. The first-order valence-corrected chi connectivity index (χ1v) is 8.70. The van der Waals surface area contributed by atoms with Gasteiger partial charge < -0.3 is 14.0 Å². The van der Waals surface area contributed by atoms with Crippen LogP contribution in [0.25, 0.3) is 23.0 Å². The third kappa shape index (κ3) is 3.32. The monoisotopic (exact) mass is 377 g/mol. The highest BCUT2D eigenvalue weighted by molar-refractivity contribution is 5.62.